The van der Waals surface area contributed by atoms with Crippen LogP contribution in [0, 0.1) is 5.92 Å². The summed E-state index contributed by atoms with van der Waals surface area (Å²) in [5.74, 6) is 1.39. The molecule has 1 aromatic rings. The normalized spacial score (nSPS) is 17.9. The third kappa shape index (κ3) is 4.99. The zero-order valence-corrected chi connectivity index (χ0v) is 12.5. The van der Waals surface area contributed by atoms with E-state index in [4.69, 9.17) is 0 Å². The van der Waals surface area contributed by atoms with E-state index in [1.807, 2.05) is 6.20 Å². The van der Waals surface area contributed by atoms with Crippen LogP contribution in [0.25, 0.3) is 0 Å². The number of aromatic amines is 1. The Hall–Kier alpha value is -1.32. The Morgan fingerprint density at radius 2 is 2.25 bits per heavy atom. The van der Waals surface area contributed by atoms with Gasteiger partial charge in [-0.3, -0.25) is 4.79 Å². The van der Waals surface area contributed by atoms with Crippen LogP contribution in [-0.2, 0) is 4.79 Å². The van der Waals surface area contributed by atoms with Gasteiger partial charge in [0.05, 0.1) is 12.0 Å². The molecule has 1 aliphatic rings. The van der Waals surface area contributed by atoms with Crippen LogP contribution in [0.15, 0.2) is 12.5 Å². The predicted octanol–water partition coefficient (Wildman–Crippen LogP) is 3.38. The van der Waals surface area contributed by atoms with Crippen molar-refractivity contribution in [2.24, 2.45) is 5.92 Å². The summed E-state index contributed by atoms with van der Waals surface area (Å²) in [7, 11) is 0. The molecule has 1 atom stereocenters. The lowest BCUT2D eigenvalue weighted by Gasteiger charge is -2.21. The fourth-order valence-electron chi connectivity index (χ4n) is 3.02. The maximum Gasteiger partial charge on any atom is 0.220 e. The number of imidazole rings is 1. The van der Waals surface area contributed by atoms with E-state index in [2.05, 4.69) is 22.2 Å². The molecule has 2 N–H and O–H groups in total. The Labute approximate surface area is 121 Å². The van der Waals surface area contributed by atoms with Crippen molar-refractivity contribution in [1.29, 1.82) is 0 Å². The van der Waals surface area contributed by atoms with Gasteiger partial charge in [0.1, 0.15) is 0 Å². The third-order valence-electron chi connectivity index (χ3n) is 4.43. The Morgan fingerprint density at radius 1 is 1.45 bits per heavy atom. The van der Waals surface area contributed by atoms with Crippen LogP contribution in [0.3, 0.4) is 0 Å². The Morgan fingerprint density at radius 3 is 2.95 bits per heavy atom. The van der Waals surface area contributed by atoms with Crippen molar-refractivity contribution >= 4 is 5.91 Å². The standard InChI is InChI=1S/C16H27N3O/c1-13(15-11-17-12-19-15)9-10-18-16(20)8-7-14-5-3-2-4-6-14/h11-14H,2-10H2,1H3,(H,17,19)(H,18,20)/t13-/m1/s1. The molecule has 4 nitrogen and oxygen atoms in total. The van der Waals surface area contributed by atoms with Gasteiger partial charge in [-0.25, -0.2) is 4.98 Å². The van der Waals surface area contributed by atoms with Gasteiger partial charge in [-0.2, -0.15) is 0 Å². The molecule has 1 heterocycles. The van der Waals surface area contributed by atoms with Gasteiger partial charge in [0, 0.05) is 25.1 Å². The second kappa shape index (κ2) is 8.08. The molecule has 20 heavy (non-hydrogen) atoms. The molecule has 1 aromatic heterocycles. The third-order valence-corrected chi connectivity index (χ3v) is 4.43. The van der Waals surface area contributed by atoms with Crippen LogP contribution in [0.4, 0.5) is 0 Å². The van der Waals surface area contributed by atoms with E-state index in [0.29, 0.717) is 12.3 Å². The quantitative estimate of drug-likeness (QED) is 0.802. The number of hydrogen-bond acceptors (Lipinski definition) is 2. The molecule has 1 fully saturated rings. The van der Waals surface area contributed by atoms with Crippen LogP contribution >= 0.6 is 0 Å². The van der Waals surface area contributed by atoms with E-state index in [0.717, 1.165) is 31.0 Å². The molecule has 2 rings (SSSR count). The van der Waals surface area contributed by atoms with E-state index < -0.39 is 0 Å². The van der Waals surface area contributed by atoms with Crippen molar-refractivity contribution in [2.75, 3.05) is 6.54 Å². The Balaban J connectivity index is 1.55. The van der Waals surface area contributed by atoms with E-state index >= 15 is 0 Å². The second-order valence-corrected chi connectivity index (χ2v) is 6.08. The first kappa shape index (κ1) is 15.1. The zero-order valence-electron chi connectivity index (χ0n) is 12.5. The highest BCUT2D eigenvalue weighted by molar-refractivity contribution is 5.75. The lowest BCUT2D eigenvalue weighted by Crippen LogP contribution is -2.26. The van der Waals surface area contributed by atoms with Gasteiger partial charge in [-0.05, 0) is 18.8 Å². The van der Waals surface area contributed by atoms with Crippen molar-refractivity contribution in [3.8, 4) is 0 Å². The Bertz CT molecular complexity index is 382. The van der Waals surface area contributed by atoms with E-state index in [1.54, 1.807) is 6.33 Å². The average Bonchev–Trinajstić information content (AvgIpc) is 3.00. The molecular weight excluding hydrogens is 250 g/mol. The number of amides is 1. The molecule has 0 bridgehead atoms. The molecule has 112 valence electrons. The van der Waals surface area contributed by atoms with Gasteiger partial charge in [0.15, 0.2) is 0 Å². The molecule has 0 spiro atoms. The molecule has 0 unspecified atom stereocenters. The number of nitrogens with one attached hydrogen (secondary N) is 2. The van der Waals surface area contributed by atoms with Gasteiger partial charge in [0.2, 0.25) is 5.91 Å². The molecule has 1 aliphatic carbocycles. The second-order valence-electron chi connectivity index (χ2n) is 6.08. The zero-order chi connectivity index (χ0) is 14.2. The summed E-state index contributed by atoms with van der Waals surface area (Å²) >= 11 is 0. The number of nitrogens with zero attached hydrogens (tertiary/aromatic N) is 1. The number of carbonyl (C=O) groups excluding carboxylic acids is 1. The minimum Gasteiger partial charge on any atom is -0.356 e. The summed E-state index contributed by atoms with van der Waals surface area (Å²) in [6.45, 7) is 2.89. The fourth-order valence-corrected chi connectivity index (χ4v) is 3.02. The summed E-state index contributed by atoms with van der Waals surface area (Å²) in [6.07, 6.45) is 13.1. The molecule has 0 saturated heterocycles. The van der Waals surface area contributed by atoms with Gasteiger partial charge >= 0.3 is 0 Å². The summed E-state index contributed by atoms with van der Waals surface area (Å²) in [6, 6.07) is 0. The molecule has 1 amide bonds. The molecular formula is C16H27N3O. The lowest BCUT2D eigenvalue weighted by atomic mass is 9.86. The first-order valence-electron chi connectivity index (χ1n) is 8.01. The minimum atomic E-state index is 0.213. The number of hydrogen-bond donors (Lipinski definition) is 2. The monoisotopic (exact) mass is 277 g/mol. The van der Waals surface area contributed by atoms with Gasteiger partial charge in [-0.15, -0.1) is 0 Å². The largest absolute Gasteiger partial charge is 0.356 e. The van der Waals surface area contributed by atoms with Crippen molar-refractivity contribution in [2.45, 2.75) is 64.2 Å². The highest BCUT2D eigenvalue weighted by Crippen LogP contribution is 2.27. The van der Waals surface area contributed by atoms with Crippen molar-refractivity contribution < 1.29 is 4.79 Å². The van der Waals surface area contributed by atoms with Gasteiger partial charge in [-0.1, -0.05) is 39.0 Å². The topological polar surface area (TPSA) is 57.8 Å². The van der Waals surface area contributed by atoms with Crippen LogP contribution in [0.5, 0.6) is 0 Å². The molecule has 0 aromatic carbocycles. The fraction of sp³-hybridized carbons (Fsp3) is 0.750. The molecule has 0 radical (unpaired) electrons. The van der Waals surface area contributed by atoms with Crippen molar-refractivity contribution in [3.05, 3.63) is 18.2 Å². The summed E-state index contributed by atoms with van der Waals surface area (Å²) < 4.78 is 0. The van der Waals surface area contributed by atoms with Crippen molar-refractivity contribution in [1.82, 2.24) is 15.3 Å². The maximum atomic E-state index is 11.8. The predicted molar refractivity (Wildman–Crippen MR) is 80.4 cm³/mol. The maximum absolute atomic E-state index is 11.8. The van der Waals surface area contributed by atoms with E-state index in [1.165, 1.54) is 32.1 Å². The van der Waals surface area contributed by atoms with Gasteiger partial charge in [0.25, 0.3) is 0 Å². The summed E-state index contributed by atoms with van der Waals surface area (Å²) in [5.41, 5.74) is 1.07. The van der Waals surface area contributed by atoms with Gasteiger partial charge < -0.3 is 10.3 Å². The van der Waals surface area contributed by atoms with E-state index in [-0.39, 0.29) is 5.91 Å². The van der Waals surface area contributed by atoms with Crippen LogP contribution in [-0.4, -0.2) is 22.4 Å². The number of aromatic nitrogens is 2. The smallest absolute Gasteiger partial charge is 0.220 e. The first-order valence-corrected chi connectivity index (χ1v) is 8.01. The Kier molecular flexibility index (Phi) is 6.09. The number of rotatable bonds is 7. The highest BCUT2D eigenvalue weighted by atomic mass is 16.1. The lowest BCUT2D eigenvalue weighted by molar-refractivity contribution is -0.121. The summed E-state index contributed by atoms with van der Waals surface area (Å²) in [5, 5.41) is 3.04. The molecule has 0 aliphatic heterocycles. The average molecular weight is 277 g/mol. The number of H-pyrrole nitrogens is 1. The van der Waals surface area contributed by atoms with Crippen LogP contribution in [0.1, 0.15) is 69.9 Å². The van der Waals surface area contributed by atoms with E-state index in [9.17, 15) is 4.79 Å². The highest BCUT2D eigenvalue weighted by Gasteiger charge is 2.15. The molecule has 4 heteroatoms. The summed E-state index contributed by atoms with van der Waals surface area (Å²) in [4.78, 5) is 19.0. The van der Waals surface area contributed by atoms with Crippen molar-refractivity contribution in [3.63, 3.8) is 0 Å². The minimum absolute atomic E-state index is 0.213. The van der Waals surface area contributed by atoms with Crippen LogP contribution in [0.2, 0.25) is 0 Å². The number of carbonyl (C=O) groups is 1. The van der Waals surface area contributed by atoms with Crippen LogP contribution < -0.4 is 5.32 Å². The molecule has 1 saturated carbocycles. The first-order chi connectivity index (χ1) is 9.75. The SMILES string of the molecule is C[C@H](CCNC(=O)CCC1CCCCC1)c1c[nH]cn1.